The van der Waals surface area contributed by atoms with E-state index in [1.54, 1.807) is 7.11 Å². The quantitative estimate of drug-likeness (QED) is 0.568. The molecular weight excluding hydrogens is 394 g/mol. The fourth-order valence-electron chi connectivity index (χ4n) is 3.14. The average Bonchev–Trinajstić information content (AvgIpc) is 3.61. The molecule has 1 saturated carbocycles. The lowest BCUT2D eigenvalue weighted by atomic mass is 9.99. The zero-order chi connectivity index (χ0) is 20.9. The molecule has 6 heteroatoms. The number of carbonyl (C=O) groups excluding carboxylic acids is 1. The van der Waals surface area contributed by atoms with Gasteiger partial charge in [0.15, 0.2) is 0 Å². The summed E-state index contributed by atoms with van der Waals surface area (Å²) in [6.45, 7) is 0. The fourth-order valence-corrected chi connectivity index (χ4v) is 3.95. The van der Waals surface area contributed by atoms with E-state index in [4.69, 9.17) is 9.72 Å². The zero-order valence-corrected chi connectivity index (χ0v) is 17.4. The van der Waals surface area contributed by atoms with E-state index in [0.717, 1.165) is 41.0 Å². The number of hydrogen-bond acceptors (Lipinski definition) is 5. The molecule has 1 heterocycles. The van der Waals surface area contributed by atoms with Crippen LogP contribution in [0.15, 0.2) is 65.7 Å². The molecular formula is C24H21N3O2S. The number of rotatable bonds is 7. The highest BCUT2D eigenvalue weighted by Gasteiger charge is 2.24. The van der Waals surface area contributed by atoms with Crippen molar-refractivity contribution in [3.05, 3.63) is 66.2 Å². The lowest BCUT2D eigenvalue weighted by Crippen LogP contribution is -2.27. The number of ether oxygens (including phenoxy) is 1. The van der Waals surface area contributed by atoms with Crippen molar-refractivity contribution in [1.82, 2.24) is 10.3 Å². The van der Waals surface area contributed by atoms with E-state index < -0.39 is 0 Å². The summed E-state index contributed by atoms with van der Waals surface area (Å²) in [4.78, 5) is 16.9. The van der Waals surface area contributed by atoms with Crippen LogP contribution in [0.25, 0.3) is 22.4 Å². The van der Waals surface area contributed by atoms with Crippen LogP contribution in [0.5, 0.6) is 5.75 Å². The Hall–Kier alpha value is -3.30. The monoisotopic (exact) mass is 415 g/mol. The molecule has 4 rings (SSSR count). The highest BCUT2D eigenvalue weighted by atomic mass is 32.2. The number of benzene rings is 2. The van der Waals surface area contributed by atoms with Gasteiger partial charge in [-0.3, -0.25) is 4.79 Å². The molecule has 0 atom stereocenters. The Kier molecular flexibility index (Phi) is 6.01. The van der Waals surface area contributed by atoms with Crippen molar-refractivity contribution in [2.45, 2.75) is 23.9 Å². The molecule has 1 aromatic heterocycles. The minimum absolute atomic E-state index is 0.0266. The molecule has 0 unspecified atom stereocenters. The highest BCUT2D eigenvalue weighted by Crippen LogP contribution is 2.35. The predicted molar refractivity (Wildman–Crippen MR) is 118 cm³/mol. The molecule has 150 valence electrons. The second kappa shape index (κ2) is 9.02. The van der Waals surface area contributed by atoms with Gasteiger partial charge in [-0.2, -0.15) is 5.26 Å². The standard InChI is InChI=1S/C24H21N3O2S/c1-29-19-9-5-8-17(12-19)22-13-20(16-6-3-2-4-7-16)21(14-25)24(27-22)30-15-23(28)26-18-10-11-18/h2-9,12-13,18H,10-11,15H2,1H3,(H,26,28). The predicted octanol–water partition coefficient (Wildman–Crippen LogP) is 4.67. The number of aromatic nitrogens is 1. The normalized spacial score (nSPS) is 12.8. The Bertz CT molecular complexity index is 1110. The molecule has 30 heavy (non-hydrogen) atoms. The van der Waals surface area contributed by atoms with Crippen molar-refractivity contribution in [2.75, 3.05) is 12.9 Å². The molecule has 3 aromatic rings. The van der Waals surface area contributed by atoms with Gasteiger partial charge in [-0.1, -0.05) is 54.2 Å². The van der Waals surface area contributed by atoms with Crippen LogP contribution in [0, 0.1) is 11.3 Å². The van der Waals surface area contributed by atoms with Gasteiger partial charge < -0.3 is 10.1 Å². The summed E-state index contributed by atoms with van der Waals surface area (Å²) in [5.41, 5.74) is 3.84. The van der Waals surface area contributed by atoms with Gasteiger partial charge in [0.25, 0.3) is 0 Å². The first-order valence-electron chi connectivity index (χ1n) is 9.75. The summed E-state index contributed by atoms with van der Waals surface area (Å²) < 4.78 is 5.35. The molecule has 1 aliphatic carbocycles. The number of thioether (sulfide) groups is 1. The Labute approximate surface area is 180 Å². The van der Waals surface area contributed by atoms with Crippen molar-refractivity contribution < 1.29 is 9.53 Å². The third-order valence-electron chi connectivity index (χ3n) is 4.83. The van der Waals surface area contributed by atoms with Gasteiger partial charge >= 0.3 is 0 Å². The summed E-state index contributed by atoms with van der Waals surface area (Å²) in [6, 6.07) is 22.0. The maximum Gasteiger partial charge on any atom is 0.230 e. The number of amides is 1. The summed E-state index contributed by atoms with van der Waals surface area (Å²) in [6.07, 6.45) is 2.09. The van der Waals surface area contributed by atoms with Crippen LogP contribution in [0.1, 0.15) is 18.4 Å². The van der Waals surface area contributed by atoms with Gasteiger partial charge in [-0.05, 0) is 36.6 Å². The first kappa shape index (κ1) is 20.0. The van der Waals surface area contributed by atoms with Crippen LogP contribution in [0.4, 0.5) is 0 Å². The second-order valence-corrected chi connectivity index (χ2v) is 8.04. The van der Waals surface area contributed by atoms with Crippen LogP contribution in [0.3, 0.4) is 0 Å². The smallest absolute Gasteiger partial charge is 0.230 e. The molecule has 1 aliphatic rings. The second-order valence-electron chi connectivity index (χ2n) is 7.08. The summed E-state index contributed by atoms with van der Waals surface area (Å²) in [5.74, 6) is 0.938. The van der Waals surface area contributed by atoms with E-state index in [1.807, 2.05) is 60.7 Å². The minimum Gasteiger partial charge on any atom is -0.497 e. The number of nitrogens with zero attached hydrogens (tertiary/aromatic N) is 2. The van der Waals surface area contributed by atoms with Crippen LogP contribution < -0.4 is 10.1 Å². The lowest BCUT2D eigenvalue weighted by molar-refractivity contribution is -0.118. The average molecular weight is 416 g/mol. The molecule has 5 nitrogen and oxygen atoms in total. The highest BCUT2D eigenvalue weighted by molar-refractivity contribution is 8.00. The number of pyridine rings is 1. The molecule has 0 bridgehead atoms. The number of nitriles is 1. The van der Waals surface area contributed by atoms with E-state index in [9.17, 15) is 10.1 Å². The molecule has 1 fully saturated rings. The van der Waals surface area contributed by atoms with Crippen molar-refractivity contribution in [2.24, 2.45) is 0 Å². The Morgan fingerprint density at radius 1 is 1.17 bits per heavy atom. The first-order valence-corrected chi connectivity index (χ1v) is 10.7. The largest absolute Gasteiger partial charge is 0.497 e. The van der Waals surface area contributed by atoms with E-state index in [2.05, 4.69) is 11.4 Å². The number of hydrogen-bond donors (Lipinski definition) is 1. The topological polar surface area (TPSA) is 75.0 Å². The van der Waals surface area contributed by atoms with Crippen molar-refractivity contribution in [3.8, 4) is 34.2 Å². The van der Waals surface area contributed by atoms with Crippen LogP contribution >= 0.6 is 11.8 Å². The SMILES string of the molecule is COc1cccc(-c2cc(-c3ccccc3)c(C#N)c(SCC(=O)NC3CC3)n2)c1. The number of carbonyl (C=O) groups is 1. The fraction of sp³-hybridized carbons (Fsp3) is 0.208. The molecule has 0 spiro atoms. The van der Waals surface area contributed by atoms with Gasteiger partial charge in [0.05, 0.1) is 24.1 Å². The van der Waals surface area contributed by atoms with Crippen LogP contribution in [-0.4, -0.2) is 29.8 Å². The maximum absolute atomic E-state index is 12.2. The Balaban J connectivity index is 1.76. The van der Waals surface area contributed by atoms with E-state index >= 15 is 0 Å². The summed E-state index contributed by atoms with van der Waals surface area (Å²) in [7, 11) is 1.63. The third-order valence-corrected chi connectivity index (χ3v) is 5.81. The molecule has 0 radical (unpaired) electrons. The van der Waals surface area contributed by atoms with E-state index in [-0.39, 0.29) is 11.7 Å². The molecule has 0 saturated heterocycles. The van der Waals surface area contributed by atoms with Crippen LogP contribution in [-0.2, 0) is 4.79 Å². The minimum atomic E-state index is -0.0266. The summed E-state index contributed by atoms with van der Waals surface area (Å²) >= 11 is 1.30. The lowest BCUT2D eigenvalue weighted by Gasteiger charge is -2.13. The molecule has 0 aliphatic heterocycles. The van der Waals surface area contributed by atoms with Crippen molar-refractivity contribution in [3.63, 3.8) is 0 Å². The van der Waals surface area contributed by atoms with Gasteiger partial charge in [-0.15, -0.1) is 0 Å². The van der Waals surface area contributed by atoms with Crippen LogP contribution in [0.2, 0.25) is 0 Å². The van der Waals surface area contributed by atoms with Gasteiger partial charge in [-0.25, -0.2) is 4.98 Å². The maximum atomic E-state index is 12.2. The van der Waals surface area contributed by atoms with Gasteiger partial charge in [0.1, 0.15) is 16.8 Å². The van der Waals surface area contributed by atoms with E-state index in [0.29, 0.717) is 16.6 Å². The third kappa shape index (κ3) is 4.64. The van der Waals surface area contributed by atoms with Crippen molar-refractivity contribution in [1.29, 1.82) is 5.26 Å². The van der Waals surface area contributed by atoms with Gasteiger partial charge in [0, 0.05) is 17.2 Å². The number of nitrogens with one attached hydrogen (secondary N) is 1. The molecule has 1 N–H and O–H groups in total. The first-order chi connectivity index (χ1) is 14.7. The van der Waals surface area contributed by atoms with Gasteiger partial charge in [0.2, 0.25) is 5.91 Å². The Morgan fingerprint density at radius 2 is 1.93 bits per heavy atom. The molecule has 2 aromatic carbocycles. The number of methoxy groups -OCH3 is 1. The van der Waals surface area contributed by atoms with E-state index in [1.165, 1.54) is 11.8 Å². The molecule has 1 amide bonds. The summed E-state index contributed by atoms with van der Waals surface area (Å²) in [5, 5.41) is 13.4. The Morgan fingerprint density at radius 3 is 2.63 bits per heavy atom. The van der Waals surface area contributed by atoms with Crippen molar-refractivity contribution >= 4 is 17.7 Å². The zero-order valence-electron chi connectivity index (χ0n) is 16.6.